The van der Waals surface area contributed by atoms with Crippen molar-refractivity contribution >= 4 is 29.0 Å². The number of nitrogens with zero attached hydrogens (tertiary/aromatic N) is 2. The summed E-state index contributed by atoms with van der Waals surface area (Å²) < 4.78 is 6.52. The lowest BCUT2D eigenvalue weighted by Gasteiger charge is -2.16. The van der Waals surface area contributed by atoms with E-state index in [4.69, 9.17) is 27.9 Å². The molecule has 0 aliphatic carbocycles. The highest BCUT2D eigenvalue weighted by molar-refractivity contribution is 6.38. The molecule has 0 saturated heterocycles. The van der Waals surface area contributed by atoms with Crippen molar-refractivity contribution < 1.29 is 14.6 Å². The number of aromatic hydroxyl groups is 1. The van der Waals surface area contributed by atoms with Gasteiger partial charge in [0.05, 0.1) is 22.2 Å². The van der Waals surface area contributed by atoms with Crippen molar-refractivity contribution in [3.63, 3.8) is 0 Å². The lowest BCUT2D eigenvalue weighted by molar-refractivity contribution is 0.103. The van der Waals surface area contributed by atoms with E-state index in [1.165, 1.54) is 19.1 Å². The SMILES string of the molecule is CCCOc1c(Cl)cc(C(=O)c2c(C)c(C#N)c(=O)n(CCC)c2O)cc1Cl. The van der Waals surface area contributed by atoms with Crippen LogP contribution in [0.15, 0.2) is 16.9 Å². The van der Waals surface area contributed by atoms with Crippen LogP contribution in [0.3, 0.4) is 0 Å². The smallest absolute Gasteiger partial charge is 0.271 e. The largest absolute Gasteiger partial charge is 0.494 e. The van der Waals surface area contributed by atoms with Crippen molar-refractivity contribution in [1.82, 2.24) is 4.57 Å². The molecule has 28 heavy (non-hydrogen) atoms. The molecule has 0 radical (unpaired) electrons. The van der Waals surface area contributed by atoms with Gasteiger partial charge in [0.25, 0.3) is 5.56 Å². The highest BCUT2D eigenvalue weighted by Crippen LogP contribution is 2.36. The van der Waals surface area contributed by atoms with Crippen molar-refractivity contribution in [2.75, 3.05) is 6.61 Å². The number of hydrogen-bond acceptors (Lipinski definition) is 5. The first-order valence-corrected chi connectivity index (χ1v) is 9.56. The monoisotopic (exact) mass is 422 g/mol. The van der Waals surface area contributed by atoms with E-state index in [1.54, 1.807) is 0 Å². The maximum absolute atomic E-state index is 13.1. The summed E-state index contributed by atoms with van der Waals surface area (Å²) in [7, 11) is 0. The third kappa shape index (κ3) is 4.01. The molecule has 0 atom stereocenters. The molecule has 1 heterocycles. The van der Waals surface area contributed by atoms with Crippen LogP contribution in [0, 0.1) is 18.3 Å². The van der Waals surface area contributed by atoms with E-state index in [9.17, 15) is 20.0 Å². The summed E-state index contributed by atoms with van der Waals surface area (Å²) in [4.78, 5) is 25.5. The fraction of sp³-hybridized carbons (Fsp3) is 0.350. The Morgan fingerprint density at radius 3 is 2.36 bits per heavy atom. The number of ether oxygens (including phenoxy) is 1. The van der Waals surface area contributed by atoms with Gasteiger partial charge in [0, 0.05) is 12.1 Å². The van der Waals surface area contributed by atoms with Crippen molar-refractivity contribution in [3.05, 3.63) is 54.8 Å². The van der Waals surface area contributed by atoms with Gasteiger partial charge in [0.1, 0.15) is 11.6 Å². The second-order valence-corrected chi connectivity index (χ2v) is 7.03. The standard InChI is InChI=1S/C20H20Cl2N2O4/c1-4-6-24-19(26)13(10-23)11(3)16(20(24)27)17(25)12-8-14(21)18(15(22)9-12)28-7-5-2/h8-9,27H,4-7H2,1-3H3. The van der Waals surface area contributed by atoms with Crippen LogP contribution in [0.4, 0.5) is 0 Å². The number of ketones is 1. The lowest BCUT2D eigenvalue weighted by atomic mass is 9.97. The Hall–Kier alpha value is -2.49. The van der Waals surface area contributed by atoms with Crippen LogP contribution in [0.5, 0.6) is 11.6 Å². The number of benzene rings is 1. The molecule has 0 unspecified atom stereocenters. The molecule has 0 fully saturated rings. The zero-order valence-electron chi connectivity index (χ0n) is 15.8. The molecule has 0 bridgehead atoms. The van der Waals surface area contributed by atoms with E-state index in [-0.39, 0.29) is 44.6 Å². The van der Waals surface area contributed by atoms with E-state index in [2.05, 4.69) is 0 Å². The van der Waals surface area contributed by atoms with Crippen molar-refractivity contribution in [3.8, 4) is 17.7 Å². The first-order chi connectivity index (χ1) is 13.3. The van der Waals surface area contributed by atoms with Crippen molar-refractivity contribution in [2.45, 2.75) is 40.2 Å². The topological polar surface area (TPSA) is 92.3 Å². The number of halogens is 2. The number of nitriles is 1. The van der Waals surface area contributed by atoms with Gasteiger partial charge in [-0.15, -0.1) is 0 Å². The van der Waals surface area contributed by atoms with Gasteiger partial charge in [0.2, 0.25) is 5.88 Å². The van der Waals surface area contributed by atoms with Crippen LogP contribution in [0.25, 0.3) is 0 Å². The highest BCUT2D eigenvalue weighted by Gasteiger charge is 2.26. The molecule has 0 spiro atoms. The summed E-state index contributed by atoms with van der Waals surface area (Å²) in [5.41, 5.74) is -0.715. The van der Waals surface area contributed by atoms with E-state index in [0.29, 0.717) is 13.0 Å². The maximum Gasteiger partial charge on any atom is 0.271 e. The van der Waals surface area contributed by atoms with Gasteiger partial charge < -0.3 is 9.84 Å². The average molecular weight is 423 g/mol. The van der Waals surface area contributed by atoms with E-state index in [0.717, 1.165) is 11.0 Å². The van der Waals surface area contributed by atoms with E-state index < -0.39 is 17.2 Å². The molecule has 0 saturated carbocycles. The molecule has 0 aliphatic heterocycles. The maximum atomic E-state index is 13.1. The Morgan fingerprint density at radius 1 is 1.25 bits per heavy atom. The third-order valence-corrected chi connectivity index (χ3v) is 4.75. The second-order valence-electron chi connectivity index (χ2n) is 6.21. The lowest BCUT2D eigenvalue weighted by Crippen LogP contribution is -2.26. The van der Waals surface area contributed by atoms with Gasteiger partial charge in [-0.3, -0.25) is 14.2 Å². The molecular formula is C20H20Cl2N2O4. The van der Waals surface area contributed by atoms with Crippen LogP contribution >= 0.6 is 23.2 Å². The summed E-state index contributed by atoms with van der Waals surface area (Å²) >= 11 is 12.4. The molecule has 2 aromatic rings. The van der Waals surface area contributed by atoms with Gasteiger partial charge >= 0.3 is 0 Å². The Morgan fingerprint density at radius 2 is 1.86 bits per heavy atom. The molecule has 6 nitrogen and oxygen atoms in total. The van der Waals surface area contributed by atoms with Crippen LogP contribution in [0.2, 0.25) is 10.0 Å². The molecule has 0 amide bonds. The molecule has 1 N–H and O–H groups in total. The fourth-order valence-electron chi connectivity index (χ4n) is 2.83. The number of carbonyl (C=O) groups excluding carboxylic acids is 1. The molecule has 2 rings (SSSR count). The number of hydrogen-bond donors (Lipinski definition) is 1. The van der Waals surface area contributed by atoms with Gasteiger partial charge in [-0.2, -0.15) is 5.26 Å². The molecule has 1 aromatic heterocycles. The Balaban J connectivity index is 2.66. The summed E-state index contributed by atoms with van der Waals surface area (Å²) in [5.74, 6) is -0.801. The Kier molecular flexibility index (Phi) is 7.11. The second kappa shape index (κ2) is 9.13. The highest BCUT2D eigenvalue weighted by atomic mass is 35.5. The summed E-state index contributed by atoms with van der Waals surface area (Å²) in [6.45, 7) is 5.79. The Labute approximate surface area is 172 Å². The van der Waals surface area contributed by atoms with Gasteiger partial charge in [0.15, 0.2) is 11.5 Å². The van der Waals surface area contributed by atoms with Gasteiger partial charge in [-0.05, 0) is 37.5 Å². The molecular weight excluding hydrogens is 403 g/mol. The zero-order valence-corrected chi connectivity index (χ0v) is 17.3. The number of pyridine rings is 1. The number of rotatable bonds is 7. The molecule has 0 aliphatic rings. The van der Waals surface area contributed by atoms with Crippen molar-refractivity contribution in [2.24, 2.45) is 0 Å². The third-order valence-electron chi connectivity index (χ3n) is 4.19. The minimum Gasteiger partial charge on any atom is -0.494 e. The minimum absolute atomic E-state index is 0.112. The molecule has 1 aromatic carbocycles. The van der Waals surface area contributed by atoms with Crippen LogP contribution in [-0.2, 0) is 6.54 Å². The van der Waals surface area contributed by atoms with Crippen LogP contribution < -0.4 is 10.3 Å². The normalized spacial score (nSPS) is 10.6. The minimum atomic E-state index is -0.629. The zero-order chi connectivity index (χ0) is 21.0. The van der Waals surface area contributed by atoms with Gasteiger partial charge in [-0.1, -0.05) is 37.0 Å². The van der Waals surface area contributed by atoms with Crippen LogP contribution in [0.1, 0.15) is 53.7 Å². The first kappa shape index (κ1) is 21.8. The fourth-order valence-corrected chi connectivity index (χ4v) is 3.43. The number of aromatic nitrogens is 1. The predicted molar refractivity (Wildman–Crippen MR) is 108 cm³/mol. The number of carbonyl (C=O) groups is 1. The van der Waals surface area contributed by atoms with E-state index in [1.807, 2.05) is 19.9 Å². The summed E-state index contributed by atoms with van der Waals surface area (Å²) in [6.07, 6.45) is 1.30. The average Bonchev–Trinajstić information content (AvgIpc) is 2.64. The predicted octanol–water partition coefficient (Wildman–Crippen LogP) is 4.47. The van der Waals surface area contributed by atoms with Crippen molar-refractivity contribution in [1.29, 1.82) is 5.26 Å². The van der Waals surface area contributed by atoms with Gasteiger partial charge in [-0.25, -0.2) is 0 Å². The molecule has 8 heteroatoms. The quantitative estimate of drug-likeness (QED) is 0.664. The van der Waals surface area contributed by atoms with Crippen LogP contribution in [-0.4, -0.2) is 22.1 Å². The Bertz CT molecular complexity index is 999. The summed E-state index contributed by atoms with van der Waals surface area (Å²) in [6, 6.07) is 4.60. The summed E-state index contributed by atoms with van der Waals surface area (Å²) in [5, 5.41) is 20.2. The first-order valence-electron chi connectivity index (χ1n) is 8.81. The van der Waals surface area contributed by atoms with E-state index >= 15 is 0 Å². The molecule has 148 valence electrons.